The highest BCUT2D eigenvalue weighted by Gasteiger charge is 2.58. The molecule has 35 heteroatoms. The molecule has 526 valence electrons. The van der Waals surface area contributed by atoms with Crippen LogP contribution in [-0.4, -0.2) is 230 Å². The zero-order chi connectivity index (χ0) is 71.7. The molecule has 0 unspecified atom stereocenters. The number of carboxylic acid groups (broad SMARTS) is 3. The number of rotatable bonds is 26. The lowest BCUT2D eigenvalue weighted by molar-refractivity contribution is -0.357. The quantitative estimate of drug-likeness (QED) is 0.0185. The molecule has 2 aliphatic heterocycles. The van der Waals surface area contributed by atoms with E-state index < -0.39 is 181 Å². The number of carbonyl (C=O) groups excluding carboxylic acids is 6. The first-order chi connectivity index (χ1) is 44.8. The number of carboxylic acids is 3. The molecule has 18 N–H and O–H groups in total. The number of aliphatic carboxylic acids is 3. The van der Waals surface area contributed by atoms with Crippen LogP contribution in [0.5, 0.6) is 5.75 Å². The molecular formula is C60H79Cl3N6O26. The molecule has 1 aromatic heterocycles. The minimum Gasteiger partial charge on any atom is -0.502 e. The lowest BCUT2D eigenvalue weighted by Crippen LogP contribution is -2.61. The van der Waals surface area contributed by atoms with Gasteiger partial charge in [-0.1, -0.05) is 91.0 Å². The summed E-state index contributed by atoms with van der Waals surface area (Å²) in [5.74, 6) is -10.0. The van der Waals surface area contributed by atoms with Gasteiger partial charge in [0.1, 0.15) is 60.5 Å². The molecule has 3 heterocycles. The van der Waals surface area contributed by atoms with Crippen molar-refractivity contribution in [1.82, 2.24) is 16.0 Å². The number of alkyl halides is 3. The second kappa shape index (κ2) is 42.5. The summed E-state index contributed by atoms with van der Waals surface area (Å²) in [4.78, 5) is 113. The Balaban J connectivity index is 0.000000413. The number of esters is 3. The van der Waals surface area contributed by atoms with Crippen LogP contribution in [0.1, 0.15) is 41.7 Å². The second-order valence-electron chi connectivity index (χ2n) is 20.6. The number of hydrogen-bond donors (Lipinski definition) is 15. The van der Waals surface area contributed by atoms with Gasteiger partial charge in [0.25, 0.3) is 0 Å². The number of aromatic hydroxyl groups is 1. The summed E-state index contributed by atoms with van der Waals surface area (Å²) >= 11 is 17.3. The first-order valence-electron chi connectivity index (χ1n) is 28.4. The van der Waals surface area contributed by atoms with Gasteiger partial charge >= 0.3 is 35.8 Å². The highest BCUT2D eigenvalue weighted by Crippen LogP contribution is 2.38. The monoisotopic (exact) mass is 1400 g/mol. The summed E-state index contributed by atoms with van der Waals surface area (Å²) in [6.07, 6.45) is -8.97. The maximum Gasteiger partial charge on any atom is 0.328 e. The zero-order valence-corrected chi connectivity index (χ0v) is 53.9. The van der Waals surface area contributed by atoms with Crippen molar-refractivity contribution < 1.29 is 122 Å². The van der Waals surface area contributed by atoms with Crippen LogP contribution in [-0.2, 0) is 90.8 Å². The number of nitrogens with one attached hydrogen (secondary N) is 3. The molecule has 6 rings (SSSR count). The minimum atomic E-state index is -1.90. The number of aliphatic hydroxyl groups is 5. The van der Waals surface area contributed by atoms with Gasteiger partial charge in [0.2, 0.25) is 34.7 Å². The molecule has 2 aliphatic rings. The number of ether oxygens (including phenoxy) is 6. The topological polar surface area (TPSA) is 535 Å². The van der Waals surface area contributed by atoms with Crippen LogP contribution in [0.25, 0.3) is 0 Å². The fraction of sp³-hybridized carbons (Fsp3) is 0.467. The molecule has 0 aliphatic carbocycles. The van der Waals surface area contributed by atoms with Crippen molar-refractivity contribution in [3.05, 3.63) is 136 Å². The average molecular weight is 1410 g/mol. The summed E-state index contributed by atoms with van der Waals surface area (Å²) in [6.45, 7) is 0.999. The molecule has 0 radical (unpaired) electrons. The van der Waals surface area contributed by atoms with E-state index in [1.165, 1.54) is 40.6 Å². The molecule has 15 atom stereocenters. The van der Waals surface area contributed by atoms with Crippen molar-refractivity contribution in [3.63, 3.8) is 0 Å². The molecule has 3 aromatic carbocycles. The van der Waals surface area contributed by atoms with Crippen LogP contribution in [0.3, 0.4) is 0 Å². The first kappa shape index (κ1) is 83.2. The Kier molecular flexibility index (Phi) is 37.2. The van der Waals surface area contributed by atoms with E-state index in [9.17, 15) is 73.5 Å². The fourth-order valence-corrected chi connectivity index (χ4v) is 9.12. The Morgan fingerprint density at radius 3 is 1.21 bits per heavy atom. The third-order valence-electron chi connectivity index (χ3n) is 13.4. The van der Waals surface area contributed by atoms with Gasteiger partial charge in [-0.15, -0.1) is 34.8 Å². The van der Waals surface area contributed by atoms with Gasteiger partial charge in [-0.05, 0) is 23.6 Å². The highest BCUT2D eigenvalue weighted by molar-refractivity contribution is 6.21. The normalized spacial score (nSPS) is 21.9. The van der Waals surface area contributed by atoms with Crippen molar-refractivity contribution >= 4 is 88.3 Å². The predicted molar refractivity (Wildman–Crippen MR) is 334 cm³/mol. The van der Waals surface area contributed by atoms with E-state index in [1.807, 2.05) is 54.6 Å². The standard InChI is InChI=1S/3C14H18N2O5.C12H19Cl3O8.C6H6O3/c3*1-21-14(20)11(7-9-5-3-2-4-6-9)16-13(19)10(15)8-12(17)18;13-1-4-7(17)10(20)12(3-14,22-4)23-11-9(19)8(18)6(15)5(2-16)21-11;1-4-6(8)5(7)2-3-9-4/h3*2-6,10-11H,7-8,15H2,1H3,(H,16,19)(H,17,18);4-11,16-20H,1-3H2;2-3,8H,1H3/t3*10-,11-;4-,5-,6+,7-,8+,9-,10+,11-,12+;/m0001./s1. The van der Waals surface area contributed by atoms with E-state index in [1.54, 1.807) is 36.4 Å². The summed E-state index contributed by atoms with van der Waals surface area (Å²) in [6, 6.07) is 21.9. The van der Waals surface area contributed by atoms with Crippen LogP contribution in [0.2, 0.25) is 0 Å². The van der Waals surface area contributed by atoms with Gasteiger partial charge in [-0.2, -0.15) is 0 Å². The SMILES string of the molecule is COC(=O)[C@H](Cc1ccccc1)NC(=O)[C@@H](N)CC(=O)O.COC(=O)[C@H](Cc1ccccc1)NC(=O)[C@@H](N)CC(=O)O.COC(=O)[C@H](Cc1ccccc1)NC(=O)[C@@H](N)CC(=O)O.Cc1occc(=O)c1O.OC[C@H]1O[C@H](O[C@]2(CCl)O[C@H](CCl)[C@@H](O)[C@@H]2O)[C@H](O)[C@@H](O)[C@H]1Cl. The van der Waals surface area contributed by atoms with Gasteiger partial charge in [0, 0.05) is 25.3 Å². The molecule has 2 fully saturated rings. The number of carbonyl (C=O) groups is 9. The van der Waals surface area contributed by atoms with E-state index in [-0.39, 0.29) is 36.7 Å². The van der Waals surface area contributed by atoms with E-state index in [0.29, 0.717) is 0 Å². The van der Waals surface area contributed by atoms with Crippen LogP contribution < -0.4 is 38.6 Å². The number of nitrogens with two attached hydrogens (primary N) is 3. The highest BCUT2D eigenvalue weighted by atomic mass is 35.5. The Morgan fingerprint density at radius 2 is 0.937 bits per heavy atom. The van der Waals surface area contributed by atoms with Gasteiger partial charge in [0.15, 0.2) is 6.29 Å². The van der Waals surface area contributed by atoms with Gasteiger partial charge < -0.3 is 112 Å². The molecule has 95 heavy (non-hydrogen) atoms. The average Bonchev–Trinajstić information content (AvgIpc) is 1.67. The number of amides is 3. The number of halogens is 3. The molecule has 4 aromatic rings. The minimum absolute atomic E-state index is 0.125. The molecule has 3 amide bonds. The smallest absolute Gasteiger partial charge is 0.328 e. The maximum atomic E-state index is 11.8. The molecule has 0 spiro atoms. The van der Waals surface area contributed by atoms with E-state index in [0.717, 1.165) is 16.7 Å². The molecule has 0 bridgehead atoms. The molecule has 32 nitrogen and oxygen atoms in total. The van der Waals surface area contributed by atoms with Gasteiger partial charge in [-0.3, -0.25) is 33.6 Å². The summed E-state index contributed by atoms with van der Waals surface area (Å²) < 4.78 is 34.7. The largest absolute Gasteiger partial charge is 0.502 e. The van der Waals surface area contributed by atoms with Crippen molar-refractivity contribution in [2.45, 2.75) is 136 Å². The summed E-state index contributed by atoms with van der Waals surface area (Å²) in [5, 5.41) is 90.0. The second-order valence-corrected chi connectivity index (χ2v) is 21.7. The molecule has 0 saturated carbocycles. The Morgan fingerprint density at radius 1 is 0.579 bits per heavy atom. The van der Waals surface area contributed by atoms with E-state index >= 15 is 0 Å². The summed E-state index contributed by atoms with van der Waals surface area (Å²) in [5.41, 5.74) is 18.5. The van der Waals surface area contributed by atoms with Crippen molar-refractivity contribution in [3.8, 4) is 5.75 Å². The van der Waals surface area contributed by atoms with E-state index in [4.69, 9.17) is 86.6 Å². The Hall–Kier alpha value is -7.93. The van der Waals surface area contributed by atoms with Crippen LogP contribution in [0.15, 0.2) is 113 Å². The number of methoxy groups -OCH3 is 3. The Bertz CT molecular complexity index is 2900. The van der Waals surface area contributed by atoms with Crippen LogP contribution >= 0.6 is 34.8 Å². The Labute approximate surface area is 558 Å². The zero-order valence-electron chi connectivity index (χ0n) is 51.6. The lowest BCUT2D eigenvalue weighted by atomic mass is 10.0. The first-order valence-corrected chi connectivity index (χ1v) is 29.9. The maximum absolute atomic E-state index is 11.8. The van der Waals surface area contributed by atoms with Gasteiger partial charge in [-0.25, -0.2) is 14.4 Å². The van der Waals surface area contributed by atoms with Crippen molar-refractivity contribution in [2.75, 3.05) is 39.7 Å². The number of aryl methyl sites for hydroxylation is 1. The summed E-state index contributed by atoms with van der Waals surface area (Å²) in [7, 11) is 3.64. The third-order valence-corrected chi connectivity index (χ3v) is 14.7. The van der Waals surface area contributed by atoms with E-state index in [2.05, 4.69) is 34.6 Å². The number of hydrogen-bond acceptors (Lipinski definition) is 26. The third kappa shape index (κ3) is 28.1. The fourth-order valence-electron chi connectivity index (χ4n) is 8.30. The van der Waals surface area contributed by atoms with Crippen LogP contribution in [0, 0.1) is 6.92 Å². The van der Waals surface area contributed by atoms with Crippen molar-refractivity contribution in [2.24, 2.45) is 17.2 Å². The molecular weight excluding hydrogens is 1330 g/mol. The lowest BCUT2D eigenvalue weighted by Gasteiger charge is -2.43. The molecule has 2 saturated heterocycles. The van der Waals surface area contributed by atoms with Gasteiger partial charge in [0.05, 0.1) is 88.7 Å². The number of aliphatic hydroxyl groups excluding tert-OH is 5. The number of benzene rings is 3. The predicted octanol–water partition coefficient (Wildman–Crippen LogP) is -1.94. The van der Waals surface area contributed by atoms with Crippen molar-refractivity contribution in [1.29, 1.82) is 0 Å². The van der Waals surface area contributed by atoms with Crippen LogP contribution in [0.4, 0.5) is 0 Å².